The molecule has 0 saturated heterocycles. The summed E-state index contributed by atoms with van der Waals surface area (Å²) >= 11 is 1.40. The molecule has 6 heteroatoms. The molecule has 4 aromatic rings. The van der Waals surface area contributed by atoms with Crippen molar-refractivity contribution in [3.05, 3.63) is 89.5 Å². The average molecular weight is 443 g/mol. The molecule has 162 valence electrons. The summed E-state index contributed by atoms with van der Waals surface area (Å²) in [5.74, 6) is 0.692. The summed E-state index contributed by atoms with van der Waals surface area (Å²) in [7, 11) is 0. The number of amides is 1. The second kappa shape index (κ2) is 9.40. The van der Waals surface area contributed by atoms with Crippen molar-refractivity contribution in [2.45, 2.75) is 38.1 Å². The topological polar surface area (TPSA) is 59.8 Å². The third-order valence-corrected chi connectivity index (χ3v) is 6.35. The van der Waals surface area contributed by atoms with Gasteiger partial charge in [-0.3, -0.25) is 9.36 Å². The fraction of sp³-hybridized carbons (Fsp3) is 0.192. The number of nitrogens with one attached hydrogen (secondary N) is 1. The van der Waals surface area contributed by atoms with Crippen LogP contribution in [0.5, 0.6) is 0 Å². The van der Waals surface area contributed by atoms with Crippen molar-refractivity contribution in [2.24, 2.45) is 0 Å². The van der Waals surface area contributed by atoms with E-state index < -0.39 is 0 Å². The molecule has 0 unspecified atom stereocenters. The lowest BCUT2D eigenvalue weighted by atomic mass is 10.1. The minimum atomic E-state index is -0.356. The number of hydrogen-bond donors (Lipinski definition) is 1. The van der Waals surface area contributed by atoms with Crippen LogP contribution in [0.25, 0.3) is 17.1 Å². The number of aromatic nitrogens is 3. The van der Waals surface area contributed by atoms with Gasteiger partial charge in [-0.05, 0) is 57.0 Å². The van der Waals surface area contributed by atoms with E-state index in [2.05, 4.69) is 34.6 Å². The van der Waals surface area contributed by atoms with Crippen molar-refractivity contribution in [3.8, 4) is 17.1 Å². The van der Waals surface area contributed by atoms with Crippen molar-refractivity contribution in [2.75, 3.05) is 5.32 Å². The zero-order valence-corrected chi connectivity index (χ0v) is 19.5. The van der Waals surface area contributed by atoms with Crippen LogP contribution >= 0.6 is 11.8 Å². The monoisotopic (exact) mass is 442 g/mol. The van der Waals surface area contributed by atoms with E-state index >= 15 is 0 Å². The highest BCUT2D eigenvalue weighted by molar-refractivity contribution is 8.00. The molecule has 0 spiro atoms. The van der Waals surface area contributed by atoms with Gasteiger partial charge in [0.1, 0.15) is 0 Å². The van der Waals surface area contributed by atoms with Crippen molar-refractivity contribution in [1.29, 1.82) is 0 Å². The number of thioether (sulfide) groups is 1. The number of benzene rings is 3. The quantitative estimate of drug-likeness (QED) is 0.373. The number of anilines is 1. The van der Waals surface area contributed by atoms with E-state index in [1.54, 1.807) is 0 Å². The lowest BCUT2D eigenvalue weighted by molar-refractivity contribution is -0.115. The largest absolute Gasteiger partial charge is 0.325 e. The van der Waals surface area contributed by atoms with Crippen LogP contribution < -0.4 is 5.32 Å². The van der Waals surface area contributed by atoms with Crippen LogP contribution in [0.4, 0.5) is 5.69 Å². The van der Waals surface area contributed by atoms with Gasteiger partial charge in [0, 0.05) is 16.9 Å². The number of nitrogens with zero attached hydrogens (tertiary/aromatic N) is 3. The zero-order valence-electron chi connectivity index (χ0n) is 18.7. The standard InChI is InChI=1S/C26H26N4OS/c1-17-10-8-13-21(16-17)24-28-29-26(30(24)22-14-6-5-7-15-22)32-20(4)25(31)27-23-18(2)11-9-12-19(23)3/h5-16,20H,1-4H3,(H,27,31)/t20-/m1/s1. The van der Waals surface area contributed by atoms with Crippen LogP contribution in [-0.4, -0.2) is 25.9 Å². The third kappa shape index (κ3) is 4.60. The van der Waals surface area contributed by atoms with Crippen molar-refractivity contribution in [3.63, 3.8) is 0 Å². The van der Waals surface area contributed by atoms with Gasteiger partial charge in [0.2, 0.25) is 5.91 Å². The Bertz CT molecular complexity index is 1230. The van der Waals surface area contributed by atoms with Gasteiger partial charge in [-0.1, -0.05) is 71.9 Å². The van der Waals surface area contributed by atoms with Gasteiger partial charge < -0.3 is 5.32 Å². The summed E-state index contributed by atoms with van der Waals surface area (Å²) in [6, 6.07) is 24.2. The summed E-state index contributed by atoms with van der Waals surface area (Å²) in [5.41, 5.74) is 6.06. The van der Waals surface area contributed by atoms with Crippen LogP contribution in [0, 0.1) is 20.8 Å². The van der Waals surface area contributed by atoms with E-state index in [-0.39, 0.29) is 11.2 Å². The van der Waals surface area contributed by atoms with Gasteiger partial charge in [-0.2, -0.15) is 0 Å². The highest BCUT2D eigenvalue weighted by Crippen LogP contribution is 2.31. The Kier molecular flexibility index (Phi) is 6.42. The van der Waals surface area contributed by atoms with Gasteiger partial charge in [-0.25, -0.2) is 0 Å². The summed E-state index contributed by atoms with van der Waals surface area (Å²) in [6.07, 6.45) is 0. The molecular formula is C26H26N4OS. The molecule has 4 rings (SSSR count). The number of aryl methyl sites for hydroxylation is 3. The zero-order chi connectivity index (χ0) is 22.7. The van der Waals surface area contributed by atoms with Crippen molar-refractivity contribution in [1.82, 2.24) is 14.8 Å². The van der Waals surface area contributed by atoms with Crippen LogP contribution in [0.2, 0.25) is 0 Å². The first kappa shape index (κ1) is 21.8. The number of carbonyl (C=O) groups is 1. The highest BCUT2D eigenvalue weighted by atomic mass is 32.2. The fourth-order valence-electron chi connectivity index (χ4n) is 3.58. The molecule has 0 aliphatic heterocycles. The molecule has 1 heterocycles. The minimum absolute atomic E-state index is 0.0629. The van der Waals surface area contributed by atoms with Crippen LogP contribution in [0.15, 0.2) is 78.0 Å². The first-order chi connectivity index (χ1) is 15.4. The molecule has 3 aromatic carbocycles. The van der Waals surface area contributed by atoms with Gasteiger partial charge >= 0.3 is 0 Å². The van der Waals surface area contributed by atoms with E-state index in [0.717, 1.165) is 39.5 Å². The first-order valence-electron chi connectivity index (χ1n) is 10.6. The smallest absolute Gasteiger partial charge is 0.237 e. The molecular weight excluding hydrogens is 416 g/mol. The summed E-state index contributed by atoms with van der Waals surface area (Å²) < 4.78 is 2.02. The predicted molar refractivity (Wildman–Crippen MR) is 131 cm³/mol. The van der Waals surface area contributed by atoms with Crippen molar-refractivity contribution < 1.29 is 4.79 Å². The first-order valence-corrected chi connectivity index (χ1v) is 11.4. The lowest BCUT2D eigenvalue weighted by Crippen LogP contribution is -2.23. The molecule has 32 heavy (non-hydrogen) atoms. The number of para-hydroxylation sites is 2. The Morgan fingerprint density at radius 3 is 2.28 bits per heavy atom. The number of hydrogen-bond acceptors (Lipinski definition) is 4. The predicted octanol–water partition coefficient (Wildman–Crippen LogP) is 5.98. The Balaban J connectivity index is 1.66. The van der Waals surface area contributed by atoms with Crippen LogP contribution in [0.1, 0.15) is 23.6 Å². The normalized spacial score (nSPS) is 11.9. The summed E-state index contributed by atoms with van der Waals surface area (Å²) in [4.78, 5) is 13.0. The lowest BCUT2D eigenvalue weighted by Gasteiger charge is -2.16. The van der Waals surface area contributed by atoms with Gasteiger partial charge in [0.15, 0.2) is 11.0 Å². The molecule has 0 aliphatic rings. The Hall–Kier alpha value is -3.38. The van der Waals surface area contributed by atoms with E-state index in [4.69, 9.17) is 0 Å². The van der Waals surface area contributed by atoms with E-state index in [9.17, 15) is 4.79 Å². The molecule has 0 saturated carbocycles. The second-order valence-corrected chi connectivity index (χ2v) is 9.17. The van der Waals surface area contributed by atoms with Crippen molar-refractivity contribution >= 4 is 23.4 Å². The molecule has 0 bridgehead atoms. The maximum absolute atomic E-state index is 13.0. The van der Waals surface area contributed by atoms with Gasteiger partial charge in [-0.15, -0.1) is 10.2 Å². The maximum atomic E-state index is 13.0. The SMILES string of the molecule is Cc1cccc(-c2nnc(S[C@H](C)C(=O)Nc3c(C)cccc3C)n2-c2ccccc2)c1. The molecule has 1 aromatic heterocycles. The van der Waals surface area contributed by atoms with Crippen LogP contribution in [0.3, 0.4) is 0 Å². The molecule has 1 N–H and O–H groups in total. The Morgan fingerprint density at radius 1 is 0.906 bits per heavy atom. The number of rotatable bonds is 6. The molecule has 0 fully saturated rings. The molecule has 0 aliphatic carbocycles. The van der Waals surface area contributed by atoms with E-state index in [1.807, 2.05) is 86.0 Å². The van der Waals surface area contributed by atoms with Gasteiger partial charge in [0.25, 0.3) is 0 Å². The average Bonchev–Trinajstić information content (AvgIpc) is 3.20. The van der Waals surface area contributed by atoms with E-state index in [1.165, 1.54) is 11.8 Å². The fourth-order valence-corrected chi connectivity index (χ4v) is 4.44. The van der Waals surface area contributed by atoms with Crippen LogP contribution in [-0.2, 0) is 4.79 Å². The Labute approximate surface area is 192 Å². The molecule has 5 nitrogen and oxygen atoms in total. The summed E-state index contributed by atoms with van der Waals surface area (Å²) in [5, 5.41) is 12.4. The van der Waals surface area contributed by atoms with E-state index in [0.29, 0.717) is 5.16 Å². The Morgan fingerprint density at radius 2 is 1.59 bits per heavy atom. The minimum Gasteiger partial charge on any atom is -0.325 e. The highest BCUT2D eigenvalue weighted by Gasteiger charge is 2.22. The third-order valence-electron chi connectivity index (χ3n) is 5.30. The van der Waals surface area contributed by atoms with Gasteiger partial charge in [0.05, 0.1) is 5.25 Å². The number of carbonyl (C=O) groups excluding carboxylic acids is 1. The molecule has 1 atom stereocenters. The second-order valence-electron chi connectivity index (χ2n) is 7.86. The maximum Gasteiger partial charge on any atom is 0.237 e. The summed E-state index contributed by atoms with van der Waals surface area (Å²) in [6.45, 7) is 7.95. The molecule has 1 amide bonds. The molecule has 0 radical (unpaired) electrons.